The topological polar surface area (TPSA) is 108 Å². The maximum atomic E-state index is 12.6. The molecule has 0 unspecified atom stereocenters. The van der Waals surface area contributed by atoms with Crippen molar-refractivity contribution in [3.63, 3.8) is 0 Å². The normalized spacial score (nSPS) is 20.7. The molecule has 2 N–H and O–H groups in total. The predicted molar refractivity (Wildman–Crippen MR) is 94.8 cm³/mol. The van der Waals surface area contributed by atoms with E-state index in [1.165, 1.54) is 13.2 Å². The van der Waals surface area contributed by atoms with Crippen LogP contribution in [-0.2, 0) is 23.1 Å². The lowest BCUT2D eigenvalue weighted by atomic mass is 9.85. The number of hydrogen-bond acceptors (Lipinski definition) is 5. The van der Waals surface area contributed by atoms with Gasteiger partial charge in [0.1, 0.15) is 5.54 Å². The van der Waals surface area contributed by atoms with Crippen molar-refractivity contribution in [2.24, 2.45) is 7.05 Å². The van der Waals surface area contributed by atoms with Gasteiger partial charge in [-0.05, 0) is 26.3 Å². The smallest absolute Gasteiger partial charge is 0.328 e. The molecule has 2 aliphatic rings. The van der Waals surface area contributed by atoms with E-state index in [0.717, 1.165) is 17.5 Å². The Labute approximate surface area is 151 Å². The van der Waals surface area contributed by atoms with Gasteiger partial charge in [-0.25, -0.2) is 4.79 Å². The van der Waals surface area contributed by atoms with Crippen molar-refractivity contribution in [3.05, 3.63) is 32.6 Å². The van der Waals surface area contributed by atoms with Crippen LogP contribution in [0.15, 0.2) is 15.8 Å². The van der Waals surface area contributed by atoms with Crippen LogP contribution < -0.4 is 16.6 Å². The number of likely N-dealkylation sites (N-methyl/N-ethyl adjacent to an activating group) is 1. The monoisotopic (exact) mass is 363 g/mol. The summed E-state index contributed by atoms with van der Waals surface area (Å²) >= 11 is 0. The van der Waals surface area contributed by atoms with E-state index in [0.29, 0.717) is 32.5 Å². The summed E-state index contributed by atoms with van der Waals surface area (Å²) in [5, 5.41) is 2.98. The molecule has 2 fully saturated rings. The maximum absolute atomic E-state index is 12.6. The van der Waals surface area contributed by atoms with Gasteiger partial charge in [0.25, 0.3) is 5.56 Å². The van der Waals surface area contributed by atoms with Crippen LogP contribution in [0.4, 0.5) is 0 Å². The molecule has 3 heterocycles. The Balaban J connectivity index is 1.69. The summed E-state index contributed by atoms with van der Waals surface area (Å²) in [5.74, 6) is -0.125. The van der Waals surface area contributed by atoms with Gasteiger partial charge >= 0.3 is 5.69 Å². The summed E-state index contributed by atoms with van der Waals surface area (Å²) in [6.07, 6.45) is 3.32. The van der Waals surface area contributed by atoms with Gasteiger partial charge in [0.05, 0.1) is 6.42 Å². The van der Waals surface area contributed by atoms with Gasteiger partial charge in [0, 0.05) is 45.0 Å². The molecule has 1 aromatic heterocycles. The van der Waals surface area contributed by atoms with Gasteiger partial charge < -0.3 is 15.2 Å². The second-order valence-electron chi connectivity index (χ2n) is 7.10. The largest absolute Gasteiger partial charge is 0.354 e. The first-order chi connectivity index (χ1) is 12.3. The summed E-state index contributed by atoms with van der Waals surface area (Å²) in [4.78, 5) is 54.9. The number of hydrogen-bond donors (Lipinski definition) is 2. The highest BCUT2D eigenvalue weighted by atomic mass is 16.2. The van der Waals surface area contributed by atoms with E-state index in [1.54, 1.807) is 4.90 Å². The lowest BCUT2D eigenvalue weighted by Gasteiger charge is -2.45. The third-order valence-corrected chi connectivity index (χ3v) is 5.65. The molecular formula is C17H25N5O4. The molecule has 2 aliphatic heterocycles. The highest BCUT2D eigenvalue weighted by molar-refractivity contribution is 5.87. The zero-order valence-corrected chi connectivity index (χ0v) is 15.2. The van der Waals surface area contributed by atoms with Crippen molar-refractivity contribution in [1.82, 2.24) is 24.7 Å². The van der Waals surface area contributed by atoms with Crippen molar-refractivity contribution in [3.8, 4) is 0 Å². The van der Waals surface area contributed by atoms with Crippen LogP contribution in [-0.4, -0.2) is 69.9 Å². The number of aromatic nitrogens is 2. The number of rotatable bonds is 2. The molecule has 0 aliphatic carbocycles. The van der Waals surface area contributed by atoms with Gasteiger partial charge in [-0.3, -0.25) is 23.9 Å². The molecule has 9 nitrogen and oxygen atoms in total. The Hall–Kier alpha value is -2.42. The molecule has 0 atom stereocenters. The first-order valence-corrected chi connectivity index (χ1v) is 8.90. The number of carbonyl (C=O) groups is 2. The molecule has 0 aromatic carbocycles. The fourth-order valence-electron chi connectivity index (χ4n) is 3.82. The van der Waals surface area contributed by atoms with Crippen LogP contribution in [0.25, 0.3) is 0 Å². The fourth-order valence-corrected chi connectivity index (χ4v) is 3.82. The number of nitrogens with one attached hydrogen (secondary N) is 2. The van der Waals surface area contributed by atoms with Crippen LogP contribution in [0, 0.1) is 0 Å². The molecule has 2 saturated heterocycles. The quantitative estimate of drug-likeness (QED) is 0.660. The minimum absolute atomic E-state index is 0.0408. The van der Waals surface area contributed by atoms with Gasteiger partial charge in [-0.2, -0.15) is 0 Å². The second-order valence-corrected chi connectivity index (χ2v) is 7.10. The molecule has 2 amide bonds. The summed E-state index contributed by atoms with van der Waals surface area (Å²) in [5.41, 5.74) is -1.25. The third kappa shape index (κ3) is 3.18. The van der Waals surface area contributed by atoms with Crippen LogP contribution in [0.3, 0.4) is 0 Å². The molecule has 0 bridgehead atoms. The van der Waals surface area contributed by atoms with Gasteiger partial charge in [0.15, 0.2) is 0 Å². The maximum Gasteiger partial charge on any atom is 0.328 e. The first kappa shape index (κ1) is 18.4. The van der Waals surface area contributed by atoms with E-state index in [2.05, 4.69) is 15.2 Å². The molecule has 1 spiro atoms. The van der Waals surface area contributed by atoms with E-state index in [-0.39, 0.29) is 23.8 Å². The zero-order valence-electron chi connectivity index (χ0n) is 15.2. The summed E-state index contributed by atoms with van der Waals surface area (Å²) < 4.78 is 0.957. The number of nitrogens with zero attached hydrogens (tertiary/aromatic N) is 3. The van der Waals surface area contributed by atoms with Crippen molar-refractivity contribution >= 4 is 11.8 Å². The lowest BCUT2D eigenvalue weighted by Crippen LogP contribution is -2.61. The van der Waals surface area contributed by atoms with Crippen molar-refractivity contribution < 1.29 is 9.59 Å². The number of H-pyrrole nitrogens is 1. The number of aromatic amines is 1. The van der Waals surface area contributed by atoms with E-state index in [9.17, 15) is 19.2 Å². The Bertz CT molecular complexity index is 819. The Kier molecular flexibility index (Phi) is 4.99. The summed E-state index contributed by atoms with van der Waals surface area (Å²) in [6, 6.07) is 0. The average molecular weight is 363 g/mol. The Morgan fingerprint density at radius 2 is 1.85 bits per heavy atom. The number of carbonyl (C=O) groups excluding carboxylic acids is 2. The highest BCUT2D eigenvalue weighted by Gasteiger charge is 2.46. The highest BCUT2D eigenvalue weighted by Crippen LogP contribution is 2.30. The van der Waals surface area contributed by atoms with Gasteiger partial charge in [-0.15, -0.1) is 0 Å². The van der Waals surface area contributed by atoms with E-state index in [1.807, 2.05) is 7.05 Å². The molecule has 0 radical (unpaired) electrons. The zero-order chi connectivity index (χ0) is 18.9. The Morgan fingerprint density at radius 3 is 2.54 bits per heavy atom. The number of likely N-dealkylation sites (tertiary alicyclic amines) is 1. The fraction of sp³-hybridized carbons (Fsp3) is 0.647. The Morgan fingerprint density at radius 1 is 1.15 bits per heavy atom. The minimum atomic E-state index is -0.554. The van der Waals surface area contributed by atoms with Crippen molar-refractivity contribution in [2.45, 2.75) is 31.2 Å². The molecule has 1 aromatic rings. The summed E-state index contributed by atoms with van der Waals surface area (Å²) in [7, 11) is 3.34. The van der Waals surface area contributed by atoms with Crippen LogP contribution in [0.5, 0.6) is 0 Å². The minimum Gasteiger partial charge on any atom is -0.354 e. The lowest BCUT2D eigenvalue weighted by molar-refractivity contribution is -0.141. The average Bonchev–Trinajstić information content (AvgIpc) is 2.77. The standard InChI is InChI=1S/C17H25N5O4/c1-20-7-3-6-18-15(25)17(20)4-8-22(9-5-17)13(23)10-12-11-19-16(26)21(2)14(12)24/h11H,3-10H2,1-2H3,(H,18,25)(H,19,26). The first-order valence-electron chi connectivity index (χ1n) is 8.90. The predicted octanol–water partition coefficient (Wildman–Crippen LogP) is -1.57. The van der Waals surface area contributed by atoms with Gasteiger partial charge in [0.2, 0.25) is 11.8 Å². The molecule has 0 saturated carbocycles. The van der Waals surface area contributed by atoms with Gasteiger partial charge in [-0.1, -0.05) is 0 Å². The van der Waals surface area contributed by atoms with E-state index in [4.69, 9.17) is 0 Å². The molecule has 9 heteroatoms. The number of piperidine rings is 1. The van der Waals surface area contributed by atoms with Crippen molar-refractivity contribution in [1.29, 1.82) is 0 Å². The molecular weight excluding hydrogens is 338 g/mol. The van der Waals surface area contributed by atoms with Crippen LogP contribution in [0.1, 0.15) is 24.8 Å². The van der Waals surface area contributed by atoms with Crippen LogP contribution >= 0.6 is 0 Å². The molecule has 26 heavy (non-hydrogen) atoms. The second kappa shape index (κ2) is 7.06. The SMILES string of the molecule is CN1CCCNC(=O)C12CCN(C(=O)Cc1c[nH]c(=O)n(C)c1=O)CC2. The number of amides is 2. The van der Waals surface area contributed by atoms with Crippen LogP contribution in [0.2, 0.25) is 0 Å². The molecule has 3 rings (SSSR count). The third-order valence-electron chi connectivity index (χ3n) is 5.65. The van der Waals surface area contributed by atoms with E-state index < -0.39 is 16.8 Å². The van der Waals surface area contributed by atoms with E-state index >= 15 is 0 Å². The van der Waals surface area contributed by atoms with Crippen molar-refractivity contribution in [2.75, 3.05) is 33.2 Å². The molecule has 142 valence electrons. The summed E-state index contributed by atoms with van der Waals surface area (Å²) in [6.45, 7) is 2.48.